The van der Waals surface area contributed by atoms with E-state index in [0.29, 0.717) is 5.15 Å². The summed E-state index contributed by atoms with van der Waals surface area (Å²) < 4.78 is 5.22. The Morgan fingerprint density at radius 3 is 2.63 bits per heavy atom. The fourth-order valence-corrected chi connectivity index (χ4v) is 2.06. The molecule has 1 heterocycles. The van der Waals surface area contributed by atoms with Gasteiger partial charge in [0.15, 0.2) is 0 Å². The van der Waals surface area contributed by atoms with Gasteiger partial charge in [0.2, 0.25) is 0 Å². The molecule has 4 heteroatoms. The van der Waals surface area contributed by atoms with E-state index in [-0.39, 0.29) is 0 Å². The molecule has 100 valence electrons. The zero-order valence-electron chi connectivity index (χ0n) is 11.1. The first-order valence-corrected chi connectivity index (χ1v) is 6.47. The van der Waals surface area contributed by atoms with Gasteiger partial charge in [0.1, 0.15) is 10.9 Å². The van der Waals surface area contributed by atoms with E-state index in [1.807, 2.05) is 30.5 Å². The zero-order chi connectivity index (χ0) is 13.7. The number of methoxy groups -OCH3 is 1. The van der Waals surface area contributed by atoms with Crippen LogP contribution in [0.25, 0.3) is 0 Å². The maximum Gasteiger partial charge on any atom is 0.129 e. The van der Waals surface area contributed by atoms with Crippen LogP contribution in [0.15, 0.2) is 42.6 Å². The Hall–Kier alpha value is -1.58. The fourth-order valence-electron chi connectivity index (χ4n) is 1.95. The number of hydrogen-bond donors (Lipinski definition) is 0. The Morgan fingerprint density at radius 1 is 1.16 bits per heavy atom. The first-order chi connectivity index (χ1) is 9.17. The van der Waals surface area contributed by atoms with Gasteiger partial charge in [-0.3, -0.25) is 4.90 Å². The summed E-state index contributed by atoms with van der Waals surface area (Å²) in [7, 11) is 3.76. The molecule has 0 spiro atoms. The number of aromatic nitrogens is 1. The molecule has 0 aliphatic rings. The van der Waals surface area contributed by atoms with Gasteiger partial charge in [0, 0.05) is 19.3 Å². The molecule has 1 aromatic heterocycles. The number of halogens is 1. The van der Waals surface area contributed by atoms with Gasteiger partial charge in [0.25, 0.3) is 0 Å². The normalized spacial score (nSPS) is 10.7. The molecule has 2 aromatic rings. The topological polar surface area (TPSA) is 25.4 Å². The lowest BCUT2D eigenvalue weighted by atomic mass is 10.2. The third-order valence-electron chi connectivity index (χ3n) is 2.83. The highest BCUT2D eigenvalue weighted by molar-refractivity contribution is 6.29. The SMILES string of the molecule is COc1cccc(CN(C)Cc2ccc(Cl)nc2)c1. The minimum absolute atomic E-state index is 0.527. The summed E-state index contributed by atoms with van der Waals surface area (Å²) in [6, 6.07) is 11.9. The molecule has 0 bridgehead atoms. The monoisotopic (exact) mass is 276 g/mol. The van der Waals surface area contributed by atoms with Gasteiger partial charge in [-0.25, -0.2) is 4.98 Å². The maximum absolute atomic E-state index is 5.77. The van der Waals surface area contributed by atoms with Gasteiger partial charge in [-0.15, -0.1) is 0 Å². The number of rotatable bonds is 5. The Bertz CT molecular complexity index is 528. The summed E-state index contributed by atoms with van der Waals surface area (Å²) in [5, 5.41) is 0.527. The predicted octanol–water partition coefficient (Wildman–Crippen LogP) is 3.38. The van der Waals surface area contributed by atoms with Gasteiger partial charge in [-0.2, -0.15) is 0 Å². The Morgan fingerprint density at radius 2 is 1.95 bits per heavy atom. The summed E-state index contributed by atoms with van der Waals surface area (Å²) in [6.45, 7) is 1.70. The largest absolute Gasteiger partial charge is 0.497 e. The average molecular weight is 277 g/mol. The minimum atomic E-state index is 0.527. The molecule has 0 radical (unpaired) electrons. The maximum atomic E-state index is 5.77. The van der Waals surface area contributed by atoms with Crippen LogP contribution in [0.5, 0.6) is 5.75 Å². The summed E-state index contributed by atoms with van der Waals surface area (Å²) in [6.07, 6.45) is 1.81. The van der Waals surface area contributed by atoms with Crippen LogP contribution in [0.3, 0.4) is 0 Å². The molecule has 0 N–H and O–H groups in total. The molecule has 0 atom stereocenters. The lowest BCUT2D eigenvalue weighted by molar-refractivity contribution is 0.318. The number of benzene rings is 1. The van der Waals surface area contributed by atoms with Crippen LogP contribution in [0.2, 0.25) is 5.15 Å². The smallest absolute Gasteiger partial charge is 0.129 e. The van der Waals surface area contributed by atoms with Crippen molar-refractivity contribution in [1.29, 1.82) is 0 Å². The molecule has 0 amide bonds. The second kappa shape index (κ2) is 6.55. The van der Waals surface area contributed by atoms with Crippen LogP contribution in [0, 0.1) is 0 Å². The van der Waals surface area contributed by atoms with E-state index in [0.717, 1.165) is 24.4 Å². The summed E-state index contributed by atoms with van der Waals surface area (Å²) >= 11 is 5.77. The van der Waals surface area contributed by atoms with E-state index < -0.39 is 0 Å². The molecule has 0 fully saturated rings. The van der Waals surface area contributed by atoms with Crippen molar-refractivity contribution in [3.8, 4) is 5.75 Å². The van der Waals surface area contributed by atoms with E-state index in [2.05, 4.69) is 29.1 Å². The third kappa shape index (κ3) is 4.23. The van der Waals surface area contributed by atoms with Gasteiger partial charge in [-0.1, -0.05) is 29.8 Å². The highest BCUT2D eigenvalue weighted by Crippen LogP contribution is 2.15. The standard InChI is InChI=1S/C15H17ClN2O/c1-18(11-13-6-7-15(16)17-9-13)10-12-4-3-5-14(8-12)19-2/h3-9H,10-11H2,1-2H3. The van der Waals surface area contributed by atoms with Crippen molar-refractivity contribution in [2.75, 3.05) is 14.2 Å². The Labute approximate surface area is 118 Å². The second-order valence-corrected chi connectivity index (χ2v) is 4.90. The van der Waals surface area contributed by atoms with Crippen molar-refractivity contribution in [1.82, 2.24) is 9.88 Å². The molecule has 19 heavy (non-hydrogen) atoms. The van der Waals surface area contributed by atoms with E-state index in [9.17, 15) is 0 Å². The quantitative estimate of drug-likeness (QED) is 0.783. The molecular weight excluding hydrogens is 260 g/mol. The summed E-state index contributed by atoms with van der Waals surface area (Å²) in [5.74, 6) is 0.888. The number of hydrogen-bond acceptors (Lipinski definition) is 3. The van der Waals surface area contributed by atoms with Gasteiger partial charge in [-0.05, 0) is 36.4 Å². The van der Waals surface area contributed by atoms with Crippen molar-refractivity contribution in [2.45, 2.75) is 13.1 Å². The first-order valence-electron chi connectivity index (χ1n) is 6.09. The predicted molar refractivity (Wildman–Crippen MR) is 77.4 cm³/mol. The van der Waals surface area contributed by atoms with Crippen molar-refractivity contribution in [3.63, 3.8) is 0 Å². The lowest BCUT2D eigenvalue weighted by Crippen LogP contribution is -2.17. The first kappa shape index (κ1) is 13.8. The fraction of sp³-hybridized carbons (Fsp3) is 0.267. The van der Waals surface area contributed by atoms with Gasteiger partial charge in [0.05, 0.1) is 7.11 Å². The molecule has 0 saturated heterocycles. The minimum Gasteiger partial charge on any atom is -0.497 e. The van der Waals surface area contributed by atoms with Gasteiger partial charge < -0.3 is 4.74 Å². The molecule has 3 nitrogen and oxygen atoms in total. The van der Waals surface area contributed by atoms with Crippen LogP contribution in [-0.4, -0.2) is 24.0 Å². The number of pyridine rings is 1. The average Bonchev–Trinajstić information content (AvgIpc) is 2.41. The molecule has 1 aromatic carbocycles. The number of nitrogens with zero attached hydrogens (tertiary/aromatic N) is 2. The van der Waals surface area contributed by atoms with E-state index in [4.69, 9.17) is 16.3 Å². The van der Waals surface area contributed by atoms with Gasteiger partial charge >= 0.3 is 0 Å². The molecule has 0 saturated carbocycles. The van der Waals surface area contributed by atoms with E-state index in [1.54, 1.807) is 7.11 Å². The van der Waals surface area contributed by atoms with Crippen molar-refractivity contribution < 1.29 is 4.74 Å². The van der Waals surface area contributed by atoms with Crippen LogP contribution in [0.1, 0.15) is 11.1 Å². The Kier molecular flexibility index (Phi) is 4.77. The molecule has 0 aliphatic heterocycles. The van der Waals surface area contributed by atoms with E-state index in [1.165, 1.54) is 5.56 Å². The van der Waals surface area contributed by atoms with Crippen LogP contribution in [-0.2, 0) is 13.1 Å². The van der Waals surface area contributed by atoms with Crippen molar-refractivity contribution in [3.05, 3.63) is 58.9 Å². The van der Waals surface area contributed by atoms with E-state index >= 15 is 0 Å². The van der Waals surface area contributed by atoms with Crippen LogP contribution < -0.4 is 4.74 Å². The van der Waals surface area contributed by atoms with Crippen LogP contribution >= 0.6 is 11.6 Å². The summed E-state index contributed by atoms with van der Waals surface area (Å²) in [5.41, 5.74) is 2.37. The second-order valence-electron chi connectivity index (χ2n) is 4.51. The lowest BCUT2D eigenvalue weighted by Gasteiger charge is -2.17. The highest BCUT2D eigenvalue weighted by atomic mass is 35.5. The van der Waals surface area contributed by atoms with Crippen LogP contribution in [0.4, 0.5) is 0 Å². The van der Waals surface area contributed by atoms with Crippen molar-refractivity contribution in [2.24, 2.45) is 0 Å². The molecule has 2 rings (SSSR count). The van der Waals surface area contributed by atoms with Crippen molar-refractivity contribution >= 4 is 11.6 Å². The summed E-state index contributed by atoms with van der Waals surface area (Å²) in [4.78, 5) is 6.31. The molecule has 0 unspecified atom stereocenters. The Balaban J connectivity index is 1.96. The number of ether oxygens (including phenoxy) is 1. The highest BCUT2D eigenvalue weighted by Gasteiger charge is 2.03. The molecular formula is C15H17ClN2O. The third-order valence-corrected chi connectivity index (χ3v) is 3.05. The molecule has 0 aliphatic carbocycles. The zero-order valence-corrected chi connectivity index (χ0v) is 11.9.